The molecule has 0 amide bonds. The third kappa shape index (κ3) is 60.9. The Hall–Kier alpha value is -1.94. The molecule has 0 aromatic heterocycles. The minimum atomic E-state index is -4.95. The number of esters is 4. The summed E-state index contributed by atoms with van der Waals surface area (Å²) in [6, 6.07) is 0. The predicted molar refractivity (Wildman–Crippen MR) is 345 cm³/mol. The zero-order chi connectivity index (χ0) is 63.6. The van der Waals surface area contributed by atoms with E-state index in [1.54, 1.807) is 0 Å². The molecule has 0 bridgehead atoms. The molecule has 0 fully saturated rings. The van der Waals surface area contributed by atoms with E-state index >= 15 is 0 Å². The van der Waals surface area contributed by atoms with E-state index in [0.717, 1.165) is 102 Å². The average Bonchev–Trinajstić information content (AvgIpc) is 3.66. The maximum absolute atomic E-state index is 13.0. The molecule has 3 N–H and O–H groups in total. The standard InChI is InChI=1S/C67H130O17P2/c1-7-9-11-13-15-17-18-19-20-21-22-23-24-25-33-39-45-51-66(71)83-62(56-78-65(70)50-44-38-32-27-26-29-35-41-47-59(3)4)57-81-85(73,74)79-53-61(68)54-80-86(75,76)82-58-63(55-77-64(69)49-43-37-31-16-14-12-10-8-2)84-67(72)52-46-40-34-28-30-36-42-48-60(5)6/h59-63,68H,7-58H2,1-6H3,(H,73,74)(H,75,76)/t61-,62-,63-/m1/s1. The maximum Gasteiger partial charge on any atom is 0.472 e. The van der Waals surface area contributed by atoms with Gasteiger partial charge < -0.3 is 33.8 Å². The Bertz CT molecular complexity index is 1680. The first-order valence-electron chi connectivity index (χ1n) is 35.0. The number of ether oxygens (including phenoxy) is 4. The summed E-state index contributed by atoms with van der Waals surface area (Å²) in [4.78, 5) is 72.3. The van der Waals surface area contributed by atoms with Crippen molar-refractivity contribution in [2.75, 3.05) is 39.6 Å². The zero-order valence-electron chi connectivity index (χ0n) is 55.6. The molecule has 0 radical (unpaired) electrons. The van der Waals surface area contributed by atoms with Crippen LogP contribution in [0.5, 0.6) is 0 Å². The fourth-order valence-corrected chi connectivity index (χ4v) is 11.6. The van der Waals surface area contributed by atoms with Crippen LogP contribution in [0.2, 0.25) is 0 Å². The van der Waals surface area contributed by atoms with E-state index in [4.69, 9.17) is 37.0 Å². The largest absolute Gasteiger partial charge is 0.472 e. The van der Waals surface area contributed by atoms with Gasteiger partial charge in [0.2, 0.25) is 0 Å². The number of rotatable bonds is 66. The van der Waals surface area contributed by atoms with Crippen LogP contribution in [0.1, 0.15) is 337 Å². The van der Waals surface area contributed by atoms with Gasteiger partial charge in [-0.05, 0) is 37.5 Å². The highest BCUT2D eigenvalue weighted by Crippen LogP contribution is 2.45. The van der Waals surface area contributed by atoms with Gasteiger partial charge in [0.05, 0.1) is 26.4 Å². The molecule has 0 aliphatic heterocycles. The summed E-state index contributed by atoms with van der Waals surface area (Å²) < 4.78 is 68.1. The van der Waals surface area contributed by atoms with Crippen LogP contribution in [-0.4, -0.2) is 96.7 Å². The first-order chi connectivity index (χ1) is 41.4. The van der Waals surface area contributed by atoms with Crippen molar-refractivity contribution in [2.24, 2.45) is 11.8 Å². The second-order valence-corrected chi connectivity index (χ2v) is 28.1. The van der Waals surface area contributed by atoms with Crippen LogP contribution in [0.3, 0.4) is 0 Å². The Morgan fingerprint density at radius 2 is 0.535 bits per heavy atom. The number of hydrogen-bond acceptors (Lipinski definition) is 15. The second-order valence-electron chi connectivity index (χ2n) is 25.2. The lowest BCUT2D eigenvalue weighted by atomic mass is 10.0. The molecule has 2 unspecified atom stereocenters. The molecule has 5 atom stereocenters. The fourth-order valence-electron chi connectivity index (χ4n) is 10.1. The molecule has 19 heteroatoms. The average molecular weight is 1270 g/mol. The van der Waals surface area contributed by atoms with Gasteiger partial charge in [0.25, 0.3) is 0 Å². The van der Waals surface area contributed by atoms with Crippen molar-refractivity contribution in [3.63, 3.8) is 0 Å². The van der Waals surface area contributed by atoms with Gasteiger partial charge in [0.15, 0.2) is 12.2 Å². The lowest BCUT2D eigenvalue weighted by Gasteiger charge is -2.21. The number of carbonyl (C=O) groups is 4. The van der Waals surface area contributed by atoms with Crippen LogP contribution < -0.4 is 0 Å². The van der Waals surface area contributed by atoms with Gasteiger partial charge in [-0.3, -0.25) is 37.3 Å². The topological polar surface area (TPSA) is 237 Å². The molecule has 0 aromatic carbocycles. The summed E-state index contributed by atoms with van der Waals surface area (Å²) in [5, 5.41) is 10.5. The zero-order valence-corrected chi connectivity index (χ0v) is 57.4. The summed E-state index contributed by atoms with van der Waals surface area (Å²) in [5.41, 5.74) is 0. The molecule has 0 aliphatic carbocycles. The van der Waals surface area contributed by atoms with Crippen molar-refractivity contribution < 1.29 is 80.2 Å². The smallest absolute Gasteiger partial charge is 0.462 e. The van der Waals surface area contributed by atoms with Crippen LogP contribution in [0.25, 0.3) is 0 Å². The molecule has 0 aromatic rings. The SMILES string of the molecule is CCCCCCCCCCCCCCCCCCCC(=O)O[C@H](COC(=O)CCCCCCCCCCC(C)C)COP(=O)(O)OC[C@@H](O)COP(=O)(O)OC[C@@H](COC(=O)CCCCCCCCCC)OC(=O)CCCCCCCCCC(C)C. The van der Waals surface area contributed by atoms with Gasteiger partial charge in [-0.1, -0.05) is 286 Å². The molecule has 0 aliphatic rings. The normalized spacial score (nSPS) is 14.2. The molecule has 0 rings (SSSR count). The first kappa shape index (κ1) is 84.1. The second kappa shape index (κ2) is 59.4. The Morgan fingerprint density at radius 3 is 0.791 bits per heavy atom. The Labute approximate surface area is 524 Å². The molecular weight excluding hydrogens is 1140 g/mol. The van der Waals surface area contributed by atoms with Gasteiger partial charge in [-0.2, -0.15) is 0 Å². The molecular formula is C67H130O17P2. The van der Waals surface area contributed by atoms with Gasteiger partial charge >= 0.3 is 39.5 Å². The summed E-state index contributed by atoms with van der Waals surface area (Å²) in [6.45, 7) is 9.40. The number of hydrogen-bond donors (Lipinski definition) is 3. The van der Waals surface area contributed by atoms with Gasteiger partial charge in [0.1, 0.15) is 19.3 Å². The highest BCUT2D eigenvalue weighted by atomic mass is 31.2. The molecule has 0 saturated carbocycles. The Balaban J connectivity index is 5.20. The minimum Gasteiger partial charge on any atom is -0.462 e. The monoisotopic (exact) mass is 1270 g/mol. The Morgan fingerprint density at radius 1 is 0.314 bits per heavy atom. The summed E-state index contributed by atoms with van der Waals surface area (Å²) in [5.74, 6) is -0.711. The van der Waals surface area contributed by atoms with Crippen molar-refractivity contribution in [2.45, 2.75) is 355 Å². The van der Waals surface area contributed by atoms with E-state index < -0.39 is 97.5 Å². The molecule has 0 spiro atoms. The molecule has 510 valence electrons. The van der Waals surface area contributed by atoms with Crippen molar-refractivity contribution >= 4 is 39.5 Å². The van der Waals surface area contributed by atoms with Crippen LogP contribution >= 0.6 is 15.6 Å². The molecule has 17 nitrogen and oxygen atoms in total. The van der Waals surface area contributed by atoms with Crippen LogP contribution in [0, 0.1) is 11.8 Å². The number of aliphatic hydroxyl groups excluding tert-OH is 1. The highest BCUT2D eigenvalue weighted by molar-refractivity contribution is 7.47. The van der Waals surface area contributed by atoms with Gasteiger partial charge in [-0.15, -0.1) is 0 Å². The van der Waals surface area contributed by atoms with E-state index in [1.807, 2.05) is 0 Å². The number of phosphoric acid groups is 2. The molecule has 0 saturated heterocycles. The number of carbonyl (C=O) groups excluding carboxylic acids is 4. The number of phosphoric ester groups is 2. The van der Waals surface area contributed by atoms with Gasteiger partial charge in [0, 0.05) is 25.7 Å². The van der Waals surface area contributed by atoms with Crippen molar-refractivity contribution in [3.05, 3.63) is 0 Å². The van der Waals surface area contributed by atoms with Crippen LogP contribution in [0.15, 0.2) is 0 Å². The third-order valence-electron chi connectivity index (χ3n) is 15.5. The quantitative estimate of drug-likeness (QED) is 0.0222. The lowest BCUT2D eigenvalue weighted by molar-refractivity contribution is -0.161. The van der Waals surface area contributed by atoms with Crippen molar-refractivity contribution in [3.8, 4) is 0 Å². The maximum atomic E-state index is 13.0. The highest BCUT2D eigenvalue weighted by Gasteiger charge is 2.30. The molecule has 86 heavy (non-hydrogen) atoms. The van der Waals surface area contributed by atoms with Gasteiger partial charge in [-0.25, -0.2) is 9.13 Å². The summed E-state index contributed by atoms with van der Waals surface area (Å²) >= 11 is 0. The third-order valence-corrected chi connectivity index (χ3v) is 17.4. The van der Waals surface area contributed by atoms with Crippen molar-refractivity contribution in [1.29, 1.82) is 0 Å². The fraction of sp³-hybridized carbons (Fsp3) is 0.940. The summed E-state index contributed by atoms with van der Waals surface area (Å²) in [7, 11) is -9.89. The number of unbranched alkanes of at least 4 members (excludes halogenated alkanes) is 36. The van der Waals surface area contributed by atoms with E-state index in [2.05, 4.69) is 41.5 Å². The number of aliphatic hydroxyl groups is 1. The van der Waals surface area contributed by atoms with E-state index in [0.29, 0.717) is 31.6 Å². The minimum absolute atomic E-state index is 0.103. The van der Waals surface area contributed by atoms with Crippen LogP contribution in [-0.2, 0) is 65.4 Å². The van der Waals surface area contributed by atoms with E-state index in [1.165, 1.54) is 148 Å². The van der Waals surface area contributed by atoms with E-state index in [9.17, 15) is 43.2 Å². The molecule has 0 heterocycles. The Kier molecular flexibility index (Phi) is 58.0. The summed E-state index contributed by atoms with van der Waals surface area (Å²) in [6.07, 6.45) is 43.3. The lowest BCUT2D eigenvalue weighted by Crippen LogP contribution is -2.30. The predicted octanol–water partition coefficient (Wildman–Crippen LogP) is 18.8. The van der Waals surface area contributed by atoms with Crippen molar-refractivity contribution in [1.82, 2.24) is 0 Å². The van der Waals surface area contributed by atoms with Crippen LogP contribution in [0.4, 0.5) is 0 Å². The first-order valence-corrected chi connectivity index (χ1v) is 38.0. The van der Waals surface area contributed by atoms with E-state index in [-0.39, 0.29) is 25.7 Å².